The number of amides is 1. The van der Waals surface area contributed by atoms with E-state index in [1.165, 1.54) is 22.8 Å². The third kappa shape index (κ3) is 5.79. The molecule has 9 heteroatoms. The van der Waals surface area contributed by atoms with Gasteiger partial charge >= 0.3 is 0 Å². The van der Waals surface area contributed by atoms with Crippen molar-refractivity contribution in [2.45, 2.75) is 38.5 Å². The Bertz CT molecular complexity index is 1200. The molecule has 0 unspecified atom stereocenters. The average molecular weight is 488 g/mol. The van der Waals surface area contributed by atoms with Crippen molar-refractivity contribution in [1.29, 1.82) is 0 Å². The Morgan fingerprint density at radius 3 is 2.45 bits per heavy atom. The number of aryl methyl sites for hydroxylation is 2. The molecular formula is C24H29N3O4S2. The van der Waals surface area contributed by atoms with E-state index in [9.17, 15) is 13.2 Å². The summed E-state index contributed by atoms with van der Waals surface area (Å²) < 4.78 is 33.1. The van der Waals surface area contributed by atoms with Crippen LogP contribution in [0.3, 0.4) is 0 Å². The van der Waals surface area contributed by atoms with E-state index in [-0.39, 0.29) is 10.8 Å². The SMILES string of the molecule is CCN(CC)S(=O)(=O)c1cc(-c2sc(NC(=O)CCc3ccccc3)nc2C)ccc1OC. The minimum absolute atomic E-state index is 0.112. The predicted molar refractivity (Wildman–Crippen MR) is 132 cm³/mol. The number of benzene rings is 2. The van der Waals surface area contributed by atoms with Crippen LogP contribution in [0, 0.1) is 6.92 Å². The van der Waals surface area contributed by atoms with Gasteiger partial charge in [-0.05, 0) is 42.7 Å². The number of carbonyl (C=O) groups is 1. The van der Waals surface area contributed by atoms with Gasteiger partial charge in [0.1, 0.15) is 10.6 Å². The maximum Gasteiger partial charge on any atom is 0.246 e. The Kier molecular flexibility index (Phi) is 8.23. The highest BCUT2D eigenvalue weighted by molar-refractivity contribution is 7.89. The molecule has 0 aliphatic heterocycles. The number of aromatic nitrogens is 1. The highest BCUT2D eigenvalue weighted by Crippen LogP contribution is 2.37. The lowest BCUT2D eigenvalue weighted by Crippen LogP contribution is -2.30. The van der Waals surface area contributed by atoms with Gasteiger partial charge in [0.05, 0.1) is 17.7 Å². The maximum absolute atomic E-state index is 13.2. The number of rotatable bonds is 10. The fourth-order valence-electron chi connectivity index (χ4n) is 3.52. The minimum atomic E-state index is -3.71. The van der Waals surface area contributed by atoms with Crippen molar-refractivity contribution in [3.63, 3.8) is 0 Å². The molecule has 0 bridgehead atoms. The standard InChI is InChI=1S/C24H29N3O4S2/c1-5-27(6-2)33(29,30)21-16-19(13-14-20(21)31-4)23-17(3)25-24(32-23)26-22(28)15-12-18-10-8-7-9-11-18/h7-11,13-14,16H,5-6,12,15H2,1-4H3,(H,25,26,28). The number of thiazole rings is 1. The summed E-state index contributed by atoms with van der Waals surface area (Å²) in [6.45, 7) is 6.18. The van der Waals surface area contributed by atoms with E-state index in [0.717, 1.165) is 16.1 Å². The third-order valence-corrected chi connectivity index (χ3v) is 8.47. The van der Waals surface area contributed by atoms with Crippen LogP contribution >= 0.6 is 11.3 Å². The highest BCUT2D eigenvalue weighted by Gasteiger charge is 2.26. The molecule has 7 nitrogen and oxygen atoms in total. The van der Waals surface area contributed by atoms with Crippen LogP contribution in [0.5, 0.6) is 5.75 Å². The molecule has 1 amide bonds. The maximum atomic E-state index is 13.2. The van der Waals surface area contributed by atoms with Gasteiger partial charge in [-0.2, -0.15) is 4.31 Å². The molecule has 1 heterocycles. The van der Waals surface area contributed by atoms with E-state index in [2.05, 4.69) is 10.3 Å². The fraction of sp³-hybridized carbons (Fsp3) is 0.333. The summed E-state index contributed by atoms with van der Waals surface area (Å²) in [4.78, 5) is 17.8. The average Bonchev–Trinajstić information content (AvgIpc) is 3.18. The largest absolute Gasteiger partial charge is 0.495 e. The summed E-state index contributed by atoms with van der Waals surface area (Å²) in [5.74, 6) is 0.181. The number of hydrogen-bond acceptors (Lipinski definition) is 6. The van der Waals surface area contributed by atoms with E-state index in [0.29, 0.717) is 42.4 Å². The zero-order valence-corrected chi connectivity index (χ0v) is 20.9. The molecule has 0 radical (unpaired) electrons. The zero-order chi connectivity index (χ0) is 24.0. The molecule has 0 atom stereocenters. The molecule has 176 valence electrons. The van der Waals surface area contributed by atoms with Crippen molar-refractivity contribution in [3.05, 3.63) is 59.8 Å². The van der Waals surface area contributed by atoms with Crippen molar-refractivity contribution in [3.8, 4) is 16.2 Å². The first-order chi connectivity index (χ1) is 15.8. The molecule has 0 aliphatic carbocycles. The highest BCUT2D eigenvalue weighted by atomic mass is 32.2. The third-order valence-electron chi connectivity index (χ3n) is 5.28. The number of hydrogen-bond donors (Lipinski definition) is 1. The summed E-state index contributed by atoms with van der Waals surface area (Å²) >= 11 is 1.32. The number of ether oxygens (including phenoxy) is 1. The molecule has 3 rings (SSSR count). The van der Waals surface area contributed by atoms with Crippen LogP contribution in [0.4, 0.5) is 5.13 Å². The van der Waals surface area contributed by atoms with Gasteiger partial charge < -0.3 is 10.1 Å². The first kappa shape index (κ1) is 24.9. The van der Waals surface area contributed by atoms with Crippen LogP contribution < -0.4 is 10.1 Å². The van der Waals surface area contributed by atoms with Crippen LogP contribution in [-0.4, -0.2) is 43.8 Å². The molecule has 0 spiro atoms. The van der Waals surface area contributed by atoms with Crippen molar-refractivity contribution in [1.82, 2.24) is 9.29 Å². The quantitative estimate of drug-likeness (QED) is 0.447. The first-order valence-electron chi connectivity index (χ1n) is 10.8. The van der Waals surface area contributed by atoms with Gasteiger partial charge in [0.15, 0.2) is 5.13 Å². The van der Waals surface area contributed by atoms with E-state index >= 15 is 0 Å². The summed E-state index contributed by atoms with van der Waals surface area (Å²) in [6.07, 6.45) is 1.00. The van der Waals surface area contributed by atoms with Crippen molar-refractivity contribution in [2.75, 3.05) is 25.5 Å². The normalized spacial score (nSPS) is 11.5. The fourth-order valence-corrected chi connectivity index (χ4v) is 6.14. The van der Waals surface area contributed by atoms with Gasteiger partial charge in [0.2, 0.25) is 15.9 Å². The van der Waals surface area contributed by atoms with E-state index in [1.54, 1.807) is 26.0 Å². The lowest BCUT2D eigenvalue weighted by Gasteiger charge is -2.20. The van der Waals surface area contributed by atoms with E-state index in [1.807, 2.05) is 43.3 Å². The second-order valence-corrected chi connectivity index (χ2v) is 10.3. The molecule has 2 aromatic carbocycles. The molecule has 0 saturated carbocycles. The summed E-state index contributed by atoms with van der Waals surface area (Å²) in [6, 6.07) is 14.9. The minimum Gasteiger partial charge on any atom is -0.495 e. The van der Waals surface area contributed by atoms with Crippen LogP contribution in [0.2, 0.25) is 0 Å². The Balaban J connectivity index is 1.83. The summed E-state index contributed by atoms with van der Waals surface area (Å²) in [5, 5.41) is 3.35. The second kappa shape index (κ2) is 10.9. The predicted octanol–water partition coefficient (Wildman–Crippen LogP) is 4.73. The van der Waals surface area contributed by atoms with Crippen LogP contribution in [0.25, 0.3) is 10.4 Å². The van der Waals surface area contributed by atoms with E-state index < -0.39 is 10.0 Å². The first-order valence-corrected chi connectivity index (χ1v) is 13.1. The molecule has 3 aromatic rings. The number of methoxy groups -OCH3 is 1. The Labute approximate surface area is 199 Å². The summed E-state index contributed by atoms with van der Waals surface area (Å²) in [5.41, 5.74) is 2.53. The van der Waals surface area contributed by atoms with E-state index in [4.69, 9.17) is 4.74 Å². The van der Waals surface area contributed by atoms with Crippen LogP contribution in [0.15, 0.2) is 53.4 Å². The number of anilines is 1. The van der Waals surface area contributed by atoms with Gasteiger partial charge in [-0.15, -0.1) is 0 Å². The molecule has 0 saturated heterocycles. The lowest BCUT2D eigenvalue weighted by atomic mass is 10.1. The second-order valence-electron chi connectivity index (χ2n) is 7.42. The van der Waals surface area contributed by atoms with Gasteiger partial charge in [-0.25, -0.2) is 13.4 Å². The van der Waals surface area contributed by atoms with Gasteiger partial charge in [-0.1, -0.05) is 55.5 Å². The molecule has 0 fully saturated rings. The van der Waals surface area contributed by atoms with Crippen LogP contribution in [-0.2, 0) is 21.2 Å². The number of sulfonamides is 1. The lowest BCUT2D eigenvalue weighted by molar-refractivity contribution is -0.116. The molecular weight excluding hydrogens is 458 g/mol. The Morgan fingerprint density at radius 2 is 1.82 bits per heavy atom. The zero-order valence-electron chi connectivity index (χ0n) is 19.3. The van der Waals surface area contributed by atoms with Gasteiger partial charge in [-0.3, -0.25) is 4.79 Å². The van der Waals surface area contributed by atoms with Crippen molar-refractivity contribution >= 4 is 32.4 Å². The van der Waals surface area contributed by atoms with Crippen LogP contribution in [0.1, 0.15) is 31.5 Å². The molecule has 1 aromatic heterocycles. The molecule has 0 aliphatic rings. The van der Waals surface area contributed by atoms with Crippen molar-refractivity contribution < 1.29 is 17.9 Å². The van der Waals surface area contributed by atoms with Crippen molar-refractivity contribution in [2.24, 2.45) is 0 Å². The summed E-state index contributed by atoms with van der Waals surface area (Å²) in [7, 11) is -2.25. The topological polar surface area (TPSA) is 88.6 Å². The molecule has 33 heavy (non-hydrogen) atoms. The van der Waals surface area contributed by atoms with Gasteiger partial charge in [0.25, 0.3) is 0 Å². The van der Waals surface area contributed by atoms with Gasteiger partial charge in [0, 0.05) is 19.5 Å². The monoisotopic (exact) mass is 487 g/mol. The number of nitrogens with zero attached hydrogens (tertiary/aromatic N) is 2. The number of nitrogens with one attached hydrogen (secondary N) is 1. The molecule has 1 N–H and O–H groups in total. The smallest absolute Gasteiger partial charge is 0.246 e. The number of carbonyl (C=O) groups excluding carboxylic acids is 1. The Hall–Kier alpha value is -2.75. The Morgan fingerprint density at radius 1 is 1.12 bits per heavy atom.